The summed E-state index contributed by atoms with van der Waals surface area (Å²) in [4.78, 5) is 21.2. The minimum atomic E-state index is -0.590. The van der Waals surface area contributed by atoms with E-state index in [2.05, 4.69) is 36.6 Å². The van der Waals surface area contributed by atoms with Gasteiger partial charge in [-0.25, -0.2) is 14.8 Å². The first-order chi connectivity index (χ1) is 8.27. The van der Waals surface area contributed by atoms with Crippen molar-refractivity contribution in [1.82, 2.24) is 9.97 Å². The number of esters is 1. The summed E-state index contributed by atoms with van der Waals surface area (Å²) < 4.78 is 4.46. The van der Waals surface area contributed by atoms with Crippen LogP contribution in [0.5, 0.6) is 0 Å². The predicted molar refractivity (Wildman–Crippen MR) is 58.9 cm³/mol. The quantitative estimate of drug-likeness (QED) is 0.195. The molecule has 0 aromatic carbocycles. The third-order valence-electron chi connectivity index (χ3n) is 1.65. The second-order valence-electron chi connectivity index (χ2n) is 2.79. The molecule has 1 aromatic rings. The highest BCUT2D eigenvalue weighted by Crippen LogP contribution is 1.96. The Bertz CT molecular complexity index is 494. The number of hydrogen-bond donors (Lipinski definition) is 0. The standard InChI is InChI=1S/C10H9N5O2/c1-17-10(16)9-12-6-8(7-13-9)4-2-3-5-14-15-11/h6-7H,3,5H2,1H3. The van der Waals surface area contributed by atoms with Crippen molar-refractivity contribution >= 4 is 5.97 Å². The molecule has 1 heterocycles. The van der Waals surface area contributed by atoms with Crippen LogP contribution >= 0.6 is 0 Å². The van der Waals surface area contributed by atoms with E-state index in [9.17, 15) is 4.79 Å². The second-order valence-corrected chi connectivity index (χ2v) is 2.79. The van der Waals surface area contributed by atoms with Crippen molar-refractivity contribution in [2.24, 2.45) is 5.11 Å². The molecule has 86 valence electrons. The molecule has 1 aromatic heterocycles. The van der Waals surface area contributed by atoms with Gasteiger partial charge in [-0.2, -0.15) is 0 Å². The van der Waals surface area contributed by atoms with E-state index >= 15 is 0 Å². The molecule has 0 unspecified atom stereocenters. The average molecular weight is 231 g/mol. The van der Waals surface area contributed by atoms with Crippen LogP contribution in [0.2, 0.25) is 0 Å². The van der Waals surface area contributed by atoms with Gasteiger partial charge >= 0.3 is 5.97 Å². The van der Waals surface area contributed by atoms with E-state index in [-0.39, 0.29) is 5.82 Å². The lowest BCUT2D eigenvalue weighted by Crippen LogP contribution is -2.06. The number of nitrogens with zero attached hydrogens (tertiary/aromatic N) is 5. The topological polar surface area (TPSA) is 101 Å². The van der Waals surface area contributed by atoms with E-state index in [1.54, 1.807) is 0 Å². The van der Waals surface area contributed by atoms with Crippen LogP contribution in [0.3, 0.4) is 0 Å². The van der Waals surface area contributed by atoms with Crippen molar-refractivity contribution in [3.8, 4) is 11.8 Å². The van der Waals surface area contributed by atoms with Crippen LogP contribution in [-0.4, -0.2) is 29.6 Å². The van der Waals surface area contributed by atoms with Gasteiger partial charge in [0, 0.05) is 30.3 Å². The smallest absolute Gasteiger partial charge is 0.376 e. The second kappa shape index (κ2) is 6.82. The van der Waals surface area contributed by atoms with Crippen LogP contribution in [-0.2, 0) is 4.74 Å². The molecule has 0 atom stereocenters. The Kier molecular flexibility index (Phi) is 5.01. The van der Waals surface area contributed by atoms with Gasteiger partial charge in [0.15, 0.2) is 0 Å². The van der Waals surface area contributed by atoms with Crippen LogP contribution < -0.4 is 0 Å². The fourth-order valence-corrected chi connectivity index (χ4v) is 0.904. The number of aromatic nitrogens is 2. The van der Waals surface area contributed by atoms with Crippen molar-refractivity contribution in [1.29, 1.82) is 0 Å². The van der Waals surface area contributed by atoms with Gasteiger partial charge in [-0.1, -0.05) is 17.0 Å². The lowest BCUT2D eigenvalue weighted by molar-refractivity contribution is 0.0586. The first kappa shape index (κ1) is 12.5. The number of carbonyl (C=O) groups excluding carboxylic acids is 1. The fourth-order valence-electron chi connectivity index (χ4n) is 0.904. The lowest BCUT2D eigenvalue weighted by Gasteiger charge is -1.95. The zero-order chi connectivity index (χ0) is 12.5. The van der Waals surface area contributed by atoms with Crippen LogP contribution in [0.15, 0.2) is 17.5 Å². The molecule has 0 aliphatic rings. The number of methoxy groups -OCH3 is 1. The van der Waals surface area contributed by atoms with Crippen molar-refractivity contribution in [3.05, 3.63) is 34.2 Å². The van der Waals surface area contributed by atoms with Crippen LogP contribution in [0.25, 0.3) is 10.4 Å². The fraction of sp³-hybridized carbons (Fsp3) is 0.300. The molecule has 0 N–H and O–H groups in total. The summed E-state index contributed by atoms with van der Waals surface area (Å²) in [5.41, 5.74) is 8.62. The largest absolute Gasteiger partial charge is 0.463 e. The van der Waals surface area contributed by atoms with Gasteiger partial charge in [-0.15, -0.1) is 0 Å². The third kappa shape index (κ3) is 4.20. The number of ether oxygens (including phenoxy) is 1. The number of hydrogen-bond acceptors (Lipinski definition) is 5. The number of carbonyl (C=O) groups is 1. The Morgan fingerprint density at radius 1 is 1.59 bits per heavy atom. The molecular formula is C10H9N5O2. The van der Waals surface area contributed by atoms with E-state index in [0.29, 0.717) is 18.5 Å². The number of azide groups is 1. The zero-order valence-corrected chi connectivity index (χ0v) is 9.12. The van der Waals surface area contributed by atoms with Crippen molar-refractivity contribution in [3.63, 3.8) is 0 Å². The van der Waals surface area contributed by atoms with Crippen molar-refractivity contribution in [2.45, 2.75) is 6.42 Å². The summed E-state index contributed by atoms with van der Waals surface area (Å²) in [5, 5.41) is 3.34. The molecule has 0 radical (unpaired) electrons. The first-order valence-electron chi connectivity index (χ1n) is 4.68. The van der Waals surface area contributed by atoms with Gasteiger partial charge in [0.05, 0.1) is 12.7 Å². The third-order valence-corrected chi connectivity index (χ3v) is 1.65. The molecule has 0 fully saturated rings. The van der Waals surface area contributed by atoms with E-state index in [1.807, 2.05) is 0 Å². The molecule has 0 spiro atoms. The van der Waals surface area contributed by atoms with E-state index in [4.69, 9.17) is 5.53 Å². The lowest BCUT2D eigenvalue weighted by atomic mass is 10.3. The molecule has 0 bridgehead atoms. The normalized spacial score (nSPS) is 8.53. The maximum atomic E-state index is 11.0. The minimum Gasteiger partial charge on any atom is -0.463 e. The Balaban J connectivity index is 2.61. The molecule has 0 saturated heterocycles. The number of rotatable bonds is 3. The van der Waals surface area contributed by atoms with Gasteiger partial charge < -0.3 is 4.74 Å². The summed E-state index contributed by atoms with van der Waals surface area (Å²) >= 11 is 0. The Morgan fingerprint density at radius 2 is 2.29 bits per heavy atom. The molecule has 0 aliphatic heterocycles. The predicted octanol–water partition coefficient (Wildman–Crippen LogP) is 1.32. The monoisotopic (exact) mass is 231 g/mol. The maximum Gasteiger partial charge on any atom is 0.376 e. The molecular weight excluding hydrogens is 222 g/mol. The SMILES string of the molecule is COC(=O)c1ncc(C#CCCN=[N+]=[N-])cn1. The van der Waals surface area contributed by atoms with Gasteiger partial charge in [-0.3, -0.25) is 0 Å². The van der Waals surface area contributed by atoms with Crippen LogP contribution in [0, 0.1) is 11.8 Å². The minimum absolute atomic E-state index is 0.00729. The summed E-state index contributed by atoms with van der Waals surface area (Å²) in [6.07, 6.45) is 3.32. The van der Waals surface area contributed by atoms with Gasteiger partial charge in [0.1, 0.15) is 0 Å². The molecule has 0 saturated carbocycles. The van der Waals surface area contributed by atoms with Gasteiger partial charge in [-0.05, 0) is 5.53 Å². The van der Waals surface area contributed by atoms with Crippen LogP contribution in [0.1, 0.15) is 22.6 Å². The summed E-state index contributed by atoms with van der Waals surface area (Å²) in [6.45, 7) is 0.324. The van der Waals surface area contributed by atoms with Crippen molar-refractivity contribution in [2.75, 3.05) is 13.7 Å². The molecule has 0 amide bonds. The highest BCUT2D eigenvalue weighted by Gasteiger charge is 2.07. The Labute approximate surface area is 97.5 Å². The summed E-state index contributed by atoms with van der Waals surface area (Å²) in [7, 11) is 1.26. The summed E-state index contributed by atoms with van der Waals surface area (Å²) in [6, 6.07) is 0. The zero-order valence-electron chi connectivity index (χ0n) is 9.12. The molecule has 1 rings (SSSR count). The first-order valence-corrected chi connectivity index (χ1v) is 4.68. The summed E-state index contributed by atoms with van der Waals surface area (Å²) in [5.74, 6) is 4.97. The molecule has 0 aliphatic carbocycles. The van der Waals surface area contributed by atoms with Gasteiger partial charge in [0.2, 0.25) is 5.82 Å². The highest BCUT2D eigenvalue weighted by atomic mass is 16.5. The van der Waals surface area contributed by atoms with Crippen LogP contribution in [0.4, 0.5) is 0 Å². The molecule has 7 heteroatoms. The van der Waals surface area contributed by atoms with E-state index in [0.717, 1.165) is 0 Å². The Morgan fingerprint density at radius 3 is 2.88 bits per heavy atom. The molecule has 17 heavy (non-hydrogen) atoms. The van der Waals surface area contributed by atoms with E-state index < -0.39 is 5.97 Å². The molecule has 7 nitrogen and oxygen atoms in total. The highest BCUT2D eigenvalue weighted by molar-refractivity contribution is 5.84. The van der Waals surface area contributed by atoms with Crippen molar-refractivity contribution < 1.29 is 9.53 Å². The maximum absolute atomic E-state index is 11.0. The van der Waals surface area contributed by atoms with E-state index in [1.165, 1.54) is 19.5 Å². The Hall–Kier alpha value is -2.58. The average Bonchev–Trinajstić information content (AvgIpc) is 2.38. The van der Waals surface area contributed by atoms with Gasteiger partial charge in [0.25, 0.3) is 0 Å².